The summed E-state index contributed by atoms with van der Waals surface area (Å²) in [4.78, 5) is 2.55. The van der Waals surface area contributed by atoms with Crippen molar-refractivity contribution in [2.24, 2.45) is 11.1 Å². The molecule has 0 spiro atoms. The molecule has 4 rings (SSSR count). The molecule has 1 saturated heterocycles. The van der Waals surface area contributed by atoms with Crippen molar-refractivity contribution in [2.45, 2.75) is 30.3 Å². The van der Waals surface area contributed by atoms with Crippen LogP contribution in [0.1, 0.15) is 18.4 Å². The number of hydrogen-bond donors (Lipinski definition) is 1. The first kappa shape index (κ1) is 22.2. The van der Waals surface area contributed by atoms with Gasteiger partial charge in [-0.05, 0) is 74.2 Å². The Bertz CT molecular complexity index is 1040. The minimum absolute atomic E-state index is 0.0464. The molecule has 2 heterocycles. The van der Waals surface area contributed by atoms with Crippen molar-refractivity contribution in [1.82, 2.24) is 4.90 Å². The number of sulfonamides is 1. The van der Waals surface area contributed by atoms with Crippen LogP contribution in [0.25, 0.3) is 0 Å². The quantitative estimate of drug-likeness (QED) is 0.703. The highest BCUT2D eigenvalue weighted by Crippen LogP contribution is 2.34. The maximum atomic E-state index is 12.0. The van der Waals surface area contributed by atoms with Crippen molar-refractivity contribution >= 4 is 21.6 Å². The molecule has 0 aromatic heterocycles. The van der Waals surface area contributed by atoms with Crippen LogP contribution in [-0.4, -0.2) is 52.8 Å². The first-order chi connectivity index (χ1) is 14.8. The number of likely N-dealkylation sites (tertiary alicyclic amines) is 1. The maximum Gasteiger partial charge on any atom is 0.238 e. The third-order valence-corrected chi connectivity index (χ3v) is 7.12. The highest BCUT2D eigenvalue weighted by molar-refractivity contribution is 7.89. The van der Waals surface area contributed by atoms with E-state index in [0.29, 0.717) is 35.5 Å². The van der Waals surface area contributed by atoms with Crippen LogP contribution in [0.3, 0.4) is 0 Å². The van der Waals surface area contributed by atoms with E-state index in [9.17, 15) is 8.42 Å². The number of fused-ring (bicyclic) bond motifs is 1. The second-order valence-electron chi connectivity index (χ2n) is 8.11. The molecule has 2 aliphatic rings. The normalized spacial score (nSPS) is 19.9. The summed E-state index contributed by atoms with van der Waals surface area (Å²) < 4.78 is 41.1. The molecule has 0 bridgehead atoms. The Hall–Kier alpha value is -2.00. The molecule has 7 nitrogen and oxygen atoms in total. The lowest BCUT2D eigenvalue weighted by Gasteiger charge is -2.36. The number of ether oxygens (including phenoxy) is 3. The van der Waals surface area contributed by atoms with Crippen LogP contribution in [-0.2, 0) is 16.4 Å². The summed E-state index contributed by atoms with van der Waals surface area (Å²) in [6.07, 6.45) is 2.55. The molecule has 1 atom stereocenters. The predicted molar refractivity (Wildman–Crippen MR) is 119 cm³/mol. The van der Waals surface area contributed by atoms with Gasteiger partial charge in [-0.3, -0.25) is 4.90 Å². The first-order valence-electron chi connectivity index (χ1n) is 10.3. The fourth-order valence-electron chi connectivity index (χ4n) is 4.27. The van der Waals surface area contributed by atoms with Crippen LogP contribution in [0.5, 0.6) is 17.2 Å². The lowest BCUT2D eigenvalue weighted by Crippen LogP contribution is -2.44. The molecule has 0 amide bonds. The van der Waals surface area contributed by atoms with Gasteiger partial charge in [0.2, 0.25) is 10.0 Å². The minimum Gasteiger partial charge on any atom is -0.497 e. The van der Waals surface area contributed by atoms with Gasteiger partial charge in [0, 0.05) is 17.6 Å². The smallest absolute Gasteiger partial charge is 0.238 e. The summed E-state index contributed by atoms with van der Waals surface area (Å²) in [5.41, 5.74) is 0.720. The molecule has 2 aliphatic heterocycles. The van der Waals surface area contributed by atoms with Gasteiger partial charge >= 0.3 is 0 Å². The first-order valence-corrected chi connectivity index (χ1v) is 12.3. The third kappa shape index (κ3) is 5.44. The molecule has 9 heteroatoms. The largest absolute Gasteiger partial charge is 0.497 e. The fourth-order valence-corrected chi connectivity index (χ4v) is 5.20. The third-order valence-electron chi connectivity index (χ3n) is 5.88. The van der Waals surface area contributed by atoms with Gasteiger partial charge in [-0.25, -0.2) is 13.6 Å². The second-order valence-corrected chi connectivity index (χ2v) is 10.1. The van der Waals surface area contributed by atoms with Gasteiger partial charge in [-0.1, -0.05) is 11.6 Å². The zero-order valence-corrected chi connectivity index (χ0v) is 19.0. The van der Waals surface area contributed by atoms with Crippen LogP contribution < -0.4 is 19.3 Å². The van der Waals surface area contributed by atoms with E-state index in [0.717, 1.165) is 43.8 Å². The Morgan fingerprint density at radius 2 is 1.94 bits per heavy atom. The van der Waals surface area contributed by atoms with E-state index in [4.69, 9.17) is 31.0 Å². The highest BCUT2D eigenvalue weighted by Gasteiger charge is 2.27. The van der Waals surface area contributed by atoms with E-state index in [2.05, 4.69) is 4.90 Å². The lowest BCUT2D eigenvalue weighted by molar-refractivity contribution is 0.0477. The minimum atomic E-state index is -3.77. The summed E-state index contributed by atoms with van der Waals surface area (Å²) in [6, 6.07) is 10.3. The van der Waals surface area contributed by atoms with Gasteiger partial charge in [-0.15, -0.1) is 0 Å². The number of methoxy groups -OCH3 is 1. The van der Waals surface area contributed by atoms with Crippen molar-refractivity contribution in [3.05, 3.63) is 47.0 Å². The zero-order chi connectivity index (χ0) is 22.0. The SMILES string of the molecule is COc1ccc(S(N)(=O)=O)c(CC2CCN(CC3COc4ccc(Cl)cc4O3)CC2)c1. The van der Waals surface area contributed by atoms with E-state index >= 15 is 0 Å². The van der Waals surface area contributed by atoms with Gasteiger partial charge < -0.3 is 14.2 Å². The molecule has 0 aliphatic carbocycles. The monoisotopic (exact) mass is 466 g/mol. The molecular formula is C22H27ClN2O5S. The lowest BCUT2D eigenvalue weighted by atomic mass is 9.90. The van der Waals surface area contributed by atoms with Gasteiger partial charge in [0.25, 0.3) is 0 Å². The molecule has 2 aromatic carbocycles. The summed E-state index contributed by atoms with van der Waals surface area (Å²) in [6.45, 7) is 3.12. The Morgan fingerprint density at radius 1 is 1.16 bits per heavy atom. The Labute approximate surface area is 188 Å². The second kappa shape index (κ2) is 9.24. The van der Waals surface area contributed by atoms with Crippen molar-refractivity contribution in [2.75, 3.05) is 33.4 Å². The van der Waals surface area contributed by atoms with Crippen LogP contribution in [0.15, 0.2) is 41.3 Å². The maximum absolute atomic E-state index is 12.0. The summed E-state index contributed by atoms with van der Waals surface area (Å²) in [5.74, 6) is 2.43. The molecule has 168 valence electrons. The molecule has 2 N–H and O–H groups in total. The van der Waals surface area contributed by atoms with Crippen molar-refractivity contribution in [1.29, 1.82) is 0 Å². The number of piperidine rings is 1. The standard InChI is InChI=1S/C22H27ClN2O5S/c1-28-18-3-5-22(31(24,26)27)16(11-18)10-15-6-8-25(9-7-15)13-19-14-29-20-4-2-17(23)12-21(20)30-19/h2-5,11-12,15,19H,6-10,13-14H2,1H3,(H2,24,26,27). The molecule has 0 saturated carbocycles. The number of primary sulfonamides is 1. The number of nitrogens with two attached hydrogens (primary N) is 1. The Morgan fingerprint density at radius 3 is 2.65 bits per heavy atom. The van der Waals surface area contributed by atoms with Crippen molar-refractivity contribution < 1.29 is 22.6 Å². The fraction of sp³-hybridized carbons (Fsp3) is 0.455. The van der Waals surface area contributed by atoms with Crippen molar-refractivity contribution in [3.63, 3.8) is 0 Å². The van der Waals surface area contributed by atoms with Gasteiger partial charge in [0.1, 0.15) is 18.5 Å². The number of benzene rings is 2. The number of rotatable bonds is 6. The van der Waals surface area contributed by atoms with Gasteiger partial charge in [-0.2, -0.15) is 0 Å². The van der Waals surface area contributed by atoms with Crippen LogP contribution in [0.4, 0.5) is 0 Å². The van der Waals surface area contributed by atoms with Crippen LogP contribution in [0, 0.1) is 5.92 Å². The van der Waals surface area contributed by atoms with Gasteiger partial charge in [0.15, 0.2) is 11.5 Å². The van der Waals surface area contributed by atoms with E-state index in [1.54, 1.807) is 31.4 Å². The zero-order valence-electron chi connectivity index (χ0n) is 17.4. The Kier molecular flexibility index (Phi) is 6.62. The Balaban J connectivity index is 1.34. The number of nitrogens with zero attached hydrogens (tertiary/aromatic N) is 1. The molecular weight excluding hydrogens is 440 g/mol. The highest BCUT2D eigenvalue weighted by atomic mass is 35.5. The van der Waals surface area contributed by atoms with E-state index in [1.165, 1.54) is 6.07 Å². The average molecular weight is 467 g/mol. The van der Waals surface area contributed by atoms with E-state index in [1.807, 2.05) is 6.07 Å². The van der Waals surface area contributed by atoms with E-state index < -0.39 is 10.0 Å². The van der Waals surface area contributed by atoms with Crippen molar-refractivity contribution in [3.8, 4) is 17.2 Å². The number of hydrogen-bond acceptors (Lipinski definition) is 6. The average Bonchev–Trinajstić information content (AvgIpc) is 2.74. The summed E-state index contributed by atoms with van der Waals surface area (Å²) in [7, 11) is -2.21. The topological polar surface area (TPSA) is 91.1 Å². The van der Waals surface area contributed by atoms with Crippen LogP contribution >= 0.6 is 11.6 Å². The summed E-state index contributed by atoms with van der Waals surface area (Å²) >= 11 is 6.06. The van der Waals surface area contributed by atoms with Gasteiger partial charge in [0.05, 0.1) is 12.0 Å². The molecule has 1 fully saturated rings. The van der Waals surface area contributed by atoms with E-state index in [-0.39, 0.29) is 11.0 Å². The number of halogens is 1. The molecule has 2 aromatic rings. The summed E-state index contributed by atoms with van der Waals surface area (Å²) in [5, 5.41) is 6.04. The molecule has 31 heavy (non-hydrogen) atoms. The van der Waals surface area contributed by atoms with Crippen LogP contribution in [0.2, 0.25) is 5.02 Å². The molecule has 1 unspecified atom stereocenters. The molecule has 0 radical (unpaired) electrons. The predicted octanol–water partition coefficient (Wildman–Crippen LogP) is 3.09.